The smallest absolute Gasteiger partial charge is 0.258 e. The van der Waals surface area contributed by atoms with Gasteiger partial charge in [0.25, 0.3) is 11.0 Å². The molecule has 0 bridgehead atoms. The number of para-hydroxylation sites is 1. The highest BCUT2D eigenvalue weighted by atomic mass is 32.2. The molecule has 6 heteroatoms. The average Bonchev–Trinajstić information content (AvgIpc) is 2.73. The molecule has 1 fully saturated rings. The van der Waals surface area contributed by atoms with Crippen LogP contribution in [0.3, 0.4) is 0 Å². The fraction of sp³-hybridized carbons (Fsp3) is 0.217. The van der Waals surface area contributed by atoms with Crippen molar-refractivity contribution in [2.75, 3.05) is 24.7 Å². The van der Waals surface area contributed by atoms with Crippen LogP contribution in [0.5, 0.6) is 0 Å². The van der Waals surface area contributed by atoms with Crippen molar-refractivity contribution in [3.05, 3.63) is 102 Å². The second-order valence-electron chi connectivity index (χ2n) is 7.12. The summed E-state index contributed by atoms with van der Waals surface area (Å²) in [5, 5.41) is 0. The Balaban J connectivity index is 1.54. The zero-order valence-corrected chi connectivity index (χ0v) is 16.9. The lowest BCUT2D eigenvalue weighted by atomic mass is 9.92. The number of hydrogen-bond acceptors (Lipinski definition) is 5. The van der Waals surface area contributed by atoms with Gasteiger partial charge in [0.05, 0.1) is 12.1 Å². The molecule has 150 valence electrons. The minimum Gasteiger partial charge on any atom is -0.342 e. The third-order valence-electron chi connectivity index (χ3n) is 5.32. The fourth-order valence-corrected chi connectivity index (χ4v) is 4.12. The van der Waals surface area contributed by atoms with E-state index in [1.807, 2.05) is 47.4 Å². The van der Waals surface area contributed by atoms with Crippen molar-refractivity contribution in [2.45, 2.75) is 12.1 Å². The highest BCUT2D eigenvalue weighted by Crippen LogP contribution is 2.34. The summed E-state index contributed by atoms with van der Waals surface area (Å²) in [6.07, 6.45) is 0. The first-order valence-electron chi connectivity index (χ1n) is 9.65. The normalized spacial score (nSPS) is 14.8. The van der Waals surface area contributed by atoms with E-state index in [0.717, 1.165) is 18.8 Å². The van der Waals surface area contributed by atoms with E-state index in [4.69, 9.17) is 4.18 Å². The van der Waals surface area contributed by atoms with E-state index in [1.54, 1.807) is 0 Å². The minimum atomic E-state index is -2.88. The molecule has 5 nitrogen and oxygen atoms in total. The number of rotatable bonds is 8. The number of likely N-dealkylation sites (tertiary alicyclic amines) is 1. The molecule has 0 aromatic heterocycles. The van der Waals surface area contributed by atoms with Crippen LogP contribution in [0.25, 0.3) is 0 Å². The van der Waals surface area contributed by atoms with E-state index in [2.05, 4.69) is 53.4 Å². The van der Waals surface area contributed by atoms with Crippen LogP contribution in [0.4, 0.5) is 5.69 Å². The highest BCUT2D eigenvalue weighted by molar-refractivity contribution is 7.67. The monoisotopic (exact) mass is 408 g/mol. The maximum absolute atomic E-state index is 11.0. The molecule has 0 saturated carbocycles. The van der Waals surface area contributed by atoms with Gasteiger partial charge in [-0.3, -0.25) is 9.08 Å². The largest absolute Gasteiger partial charge is 0.342 e. The molecule has 4 rings (SSSR count). The Labute approximate surface area is 173 Å². The summed E-state index contributed by atoms with van der Waals surface area (Å²) in [5.74, 6) is 0. The second-order valence-corrected chi connectivity index (χ2v) is 7.82. The molecule has 1 heterocycles. The maximum Gasteiger partial charge on any atom is 0.258 e. The predicted octanol–water partition coefficient (Wildman–Crippen LogP) is 3.47. The van der Waals surface area contributed by atoms with Crippen molar-refractivity contribution in [1.82, 2.24) is 4.90 Å². The molecule has 0 amide bonds. The Hall–Kier alpha value is -2.67. The van der Waals surface area contributed by atoms with E-state index in [-0.39, 0.29) is 18.8 Å². The third-order valence-corrected chi connectivity index (χ3v) is 5.64. The molecule has 0 atom stereocenters. The lowest BCUT2D eigenvalue weighted by Crippen LogP contribution is -2.60. The lowest BCUT2D eigenvalue weighted by molar-refractivity contribution is 0.0994. The van der Waals surface area contributed by atoms with Gasteiger partial charge >= 0.3 is 0 Å². The first kappa shape index (κ1) is 19.6. The average molecular weight is 409 g/mol. The molecule has 29 heavy (non-hydrogen) atoms. The van der Waals surface area contributed by atoms with Gasteiger partial charge in [0.2, 0.25) is 0 Å². The van der Waals surface area contributed by atoms with Crippen molar-refractivity contribution in [1.29, 1.82) is 0 Å². The Morgan fingerprint density at radius 2 is 1.31 bits per heavy atom. The van der Waals surface area contributed by atoms with Gasteiger partial charge in [-0.15, -0.1) is 0 Å². The molecule has 0 unspecified atom stereocenters. The van der Waals surface area contributed by atoms with Crippen LogP contribution in [0.15, 0.2) is 91.0 Å². The van der Waals surface area contributed by atoms with Crippen LogP contribution in [0.2, 0.25) is 0 Å². The molecule has 1 saturated heterocycles. The highest BCUT2D eigenvalue weighted by Gasteiger charge is 2.37. The second kappa shape index (κ2) is 9.22. The van der Waals surface area contributed by atoms with Gasteiger partial charge in [-0.25, -0.2) is 8.42 Å². The molecule has 3 aromatic rings. The van der Waals surface area contributed by atoms with Crippen LogP contribution < -0.4 is 4.90 Å². The summed E-state index contributed by atoms with van der Waals surface area (Å²) in [6, 6.07) is 31.1. The molecular formula is C23H24N2O3S. The summed E-state index contributed by atoms with van der Waals surface area (Å²) in [4.78, 5) is 4.44. The van der Waals surface area contributed by atoms with Gasteiger partial charge in [-0.1, -0.05) is 78.9 Å². The van der Waals surface area contributed by atoms with Crippen LogP contribution in [-0.2, 0) is 15.2 Å². The van der Waals surface area contributed by atoms with Gasteiger partial charge in [-0.05, 0) is 23.3 Å². The molecule has 1 aliphatic heterocycles. The first-order chi connectivity index (χ1) is 14.2. The van der Waals surface area contributed by atoms with Crippen molar-refractivity contribution in [3.63, 3.8) is 0 Å². The van der Waals surface area contributed by atoms with E-state index in [0.29, 0.717) is 0 Å². The van der Waals surface area contributed by atoms with E-state index in [9.17, 15) is 8.42 Å². The zero-order valence-electron chi connectivity index (χ0n) is 16.0. The Morgan fingerprint density at radius 3 is 1.79 bits per heavy atom. The number of hydrogen-bond donors (Lipinski definition) is 1. The van der Waals surface area contributed by atoms with Crippen LogP contribution in [-0.4, -0.2) is 39.2 Å². The van der Waals surface area contributed by atoms with Crippen LogP contribution in [0, 0.1) is 0 Å². The van der Waals surface area contributed by atoms with Crippen molar-refractivity contribution >= 4 is 16.7 Å². The molecular weight excluding hydrogens is 384 g/mol. The van der Waals surface area contributed by atoms with E-state index < -0.39 is 11.0 Å². The number of benzene rings is 3. The van der Waals surface area contributed by atoms with Crippen LogP contribution >= 0.6 is 0 Å². The fourth-order valence-electron chi connectivity index (χ4n) is 3.90. The maximum atomic E-state index is 11.0. The zero-order chi connectivity index (χ0) is 20.1. The summed E-state index contributed by atoms with van der Waals surface area (Å²) < 4.78 is 26.9. The lowest BCUT2D eigenvalue weighted by Gasteiger charge is -2.49. The predicted molar refractivity (Wildman–Crippen MR) is 115 cm³/mol. The first-order valence-corrected chi connectivity index (χ1v) is 10.7. The Kier molecular flexibility index (Phi) is 6.24. The van der Waals surface area contributed by atoms with Gasteiger partial charge in [0.15, 0.2) is 0 Å². The standard InChI is InChI=1S/C23H24N2O3S/c26-29(27)28-18-25(21-14-8-3-9-15-21)22-16-24(17-22)23(19-10-4-1-5-11-19)20-12-6-2-7-13-20/h1-15,22-23,29H,16-18H2. The van der Waals surface area contributed by atoms with Crippen molar-refractivity contribution < 1.29 is 12.6 Å². The topological polar surface area (TPSA) is 49.9 Å². The SMILES string of the molecule is O=[SH](=O)OCN(c1ccccc1)C1CN(C(c2ccccc2)c2ccccc2)C1. The summed E-state index contributed by atoms with van der Waals surface area (Å²) in [7, 11) is -2.88. The molecule has 0 aliphatic carbocycles. The number of anilines is 1. The number of nitrogens with zero attached hydrogens (tertiary/aromatic N) is 2. The quantitative estimate of drug-likeness (QED) is 0.457. The van der Waals surface area contributed by atoms with Gasteiger partial charge < -0.3 is 4.90 Å². The molecule has 0 spiro atoms. The van der Waals surface area contributed by atoms with Gasteiger partial charge in [0.1, 0.15) is 6.73 Å². The van der Waals surface area contributed by atoms with Crippen molar-refractivity contribution in [3.8, 4) is 0 Å². The molecule has 0 radical (unpaired) electrons. The van der Waals surface area contributed by atoms with Gasteiger partial charge in [0, 0.05) is 18.8 Å². The third kappa shape index (κ3) is 4.67. The van der Waals surface area contributed by atoms with E-state index >= 15 is 0 Å². The van der Waals surface area contributed by atoms with Crippen LogP contribution in [0.1, 0.15) is 17.2 Å². The Bertz CT molecular complexity index is 927. The Morgan fingerprint density at radius 1 is 0.828 bits per heavy atom. The summed E-state index contributed by atoms with van der Waals surface area (Å²) in [6.45, 7) is 1.67. The van der Waals surface area contributed by atoms with Gasteiger partial charge in [-0.2, -0.15) is 0 Å². The minimum absolute atomic E-state index is 0.0303. The summed E-state index contributed by atoms with van der Waals surface area (Å²) in [5.41, 5.74) is 3.47. The van der Waals surface area contributed by atoms with E-state index in [1.165, 1.54) is 11.1 Å². The summed E-state index contributed by atoms with van der Waals surface area (Å²) >= 11 is 0. The molecule has 0 N–H and O–H groups in total. The molecule has 1 aliphatic rings. The number of thiol groups is 1. The molecule has 3 aromatic carbocycles. The van der Waals surface area contributed by atoms with Crippen molar-refractivity contribution in [2.24, 2.45) is 0 Å².